The van der Waals surface area contributed by atoms with Crippen molar-refractivity contribution in [2.45, 2.75) is 45.1 Å². The van der Waals surface area contributed by atoms with E-state index in [-0.39, 0.29) is 17.0 Å². The van der Waals surface area contributed by atoms with Crippen molar-refractivity contribution in [3.8, 4) is 0 Å². The molecular formula is C24H31FN2O4S. The number of halogens is 1. The number of benzene rings is 1. The number of carbonyl (C=O) groups is 1. The number of aryl methyl sites for hydroxylation is 1. The number of ether oxygens (including phenoxy) is 1. The molecule has 0 amide bonds. The molecule has 0 aliphatic carbocycles. The molecule has 0 bridgehead atoms. The molecule has 1 fully saturated rings. The van der Waals surface area contributed by atoms with Crippen LogP contribution in [-0.2, 0) is 27.7 Å². The van der Waals surface area contributed by atoms with Crippen LogP contribution in [0.1, 0.15) is 58.7 Å². The lowest BCUT2D eigenvalue weighted by molar-refractivity contribution is -0.0284. The Balaban J connectivity index is 1.91. The van der Waals surface area contributed by atoms with Gasteiger partial charge < -0.3 is 9.84 Å². The van der Waals surface area contributed by atoms with E-state index in [0.717, 1.165) is 11.3 Å². The zero-order valence-corrected chi connectivity index (χ0v) is 19.8. The molecule has 32 heavy (non-hydrogen) atoms. The third-order valence-electron chi connectivity index (χ3n) is 6.31. The fourth-order valence-corrected chi connectivity index (χ4v) is 5.63. The lowest BCUT2D eigenvalue weighted by Crippen LogP contribution is -2.37. The summed E-state index contributed by atoms with van der Waals surface area (Å²) < 4.78 is 32.7. The van der Waals surface area contributed by atoms with Gasteiger partial charge in [-0.05, 0) is 69.0 Å². The van der Waals surface area contributed by atoms with Gasteiger partial charge in [-0.2, -0.15) is 0 Å². The quantitative estimate of drug-likeness (QED) is 0.478. The van der Waals surface area contributed by atoms with Crippen molar-refractivity contribution in [2.75, 3.05) is 25.7 Å². The van der Waals surface area contributed by atoms with Gasteiger partial charge in [0.15, 0.2) is 6.29 Å². The first kappa shape index (κ1) is 24.6. The van der Waals surface area contributed by atoms with Crippen LogP contribution in [0.4, 0.5) is 4.39 Å². The van der Waals surface area contributed by atoms with E-state index in [1.807, 2.05) is 19.1 Å². The van der Waals surface area contributed by atoms with Crippen LogP contribution in [0, 0.1) is 18.7 Å². The largest absolute Gasteiger partial charge is 0.385 e. The molecular weight excluding hydrogens is 431 g/mol. The number of aliphatic hydroxyl groups is 1. The molecule has 0 radical (unpaired) electrons. The first-order valence-electron chi connectivity index (χ1n) is 10.7. The minimum atomic E-state index is -1.33. The first-order chi connectivity index (χ1) is 15.2. The Morgan fingerprint density at radius 3 is 2.62 bits per heavy atom. The normalized spacial score (nSPS) is 21.8. The molecule has 2 unspecified atom stereocenters. The lowest BCUT2D eigenvalue weighted by atomic mass is 9.78. The Morgan fingerprint density at radius 2 is 2.06 bits per heavy atom. The number of methoxy groups -OCH3 is 1. The topological polar surface area (TPSA) is 79.7 Å². The average Bonchev–Trinajstić information content (AvgIpc) is 2.76. The second-order valence-corrected chi connectivity index (χ2v) is 10.4. The van der Waals surface area contributed by atoms with Gasteiger partial charge in [-0.15, -0.1) is 0 Å². The zero-order valence-electron chi connectivity index (χ0n) is 19.0. The highest BCUT2D eigenvalue weighted by molar-refractivity contribution is 7.85. The smallest absolute Gasteiger partial charge is 0.150 e. The first-order valence-corrected chi connectivity index (χ1v) is 12.2. The van der Waals surface area contributed by atoms with E-state index in [4.69, 9.17) is 4.74 Å². The van der Waals surface area contributed by atoms with E-state index in [9.17, 15) is 14.1 Å². The summed E-state index contributed by atoms with van der Waals surface area (Å²) in [5, 5.41) is 11.2. The monoisotopic (exact) mass is 462 g/mol. The van der Waals surface area contributed by atoms with Crippen LogP contribution in [0.5, 0.6) is 0 Å². The summed E-state index contributed by atoms with van der Waals surface area (Å²) in [5.41, 5.74) is 1.11. The molecule has 0 spiro atoms. The van der Waals surface area contributed by atoms with E-state index in [1.54, 1.807) is 31.1 Å². The van der Waals surface area contributed by atoms with E-state index in [1.165, 1.54) is 13.2 Å². The maximum Gasteiger partial charge on any atom is 0.150 e. The van der Waals surface area contributed by atoms with Gasteiger partial charge in [0, 0.05) is 53.3 Å². The van der Waals surface area contributed by atoms with Gasteiger partial charge in [0.2, 0.25) is 0 Å². The molecule has 3 rings (SSSR count). The maximum absolute atomic E-state index is 15.4. The van der Waals surface area contributed by atoms with Crippen LogP contribution < -0.4 is 0 Å². The minimum absolute atomic E-state index is 0.126. The lowest BCUT2D eigenvalue weighted by Gasteiger charge is -2.36. The molecule has 2 heterocycles. The Morgan fingerprint density at radius 1 is 1.38 bits per heavy atom. The highest BCUT2D eigenvalue weighted by atomic mass is 32.2. The van der Waals surface area contributed by atoms with Crippen molar-refractivity contribution < 1.29 is 23.2 Å². The van der Waals surface area contributed by atoms with Crippen LogP contribution in [0.25, 0.3) is 0 Å². The average molecular weight is 463 g/mol. The standard InChI is InChI=1S/C24H31FN2O4S/c1-16-5-6-20(26-13-16)14-27(3)23(31-4)22-17(15-28)11-19(12-21(22)25)24(2,29)18-7-9-32(30)10-8-18/h5-6,11-13,15,18,23,29H,7-10,14H2,1-4H3. The second kappa shape index (κ2) is 10.3. The number of aldehydes is 1. The number of hydrogen-bond donors (Lipinski definition) is 1. The van der Waals surface area contributed by atoms with Gasteiger partial charge in [-0.25, -0.2) is 4.39 Å². The van der Waals surface area contributed by atoms with Crippen molar-refractivity contribution in [1.29, 1.82) is 0 Å². The summed E-state index contributed by atoms with van der Waals surface area (Å²) in [4.78, 5) is 18.1. The van der Waals surface area contributed by atoms with Crippen molar-refractivity contribution in [1.82, 2.24) is 9.88 Å². The Bertz CT molecular complexity index is 971. The van der Waals surface area contributed by atoms with Gasteiger partial charge >= 0.3 is 0 Å². The minimum Gasteiger partial charge on any atom is -0.385 e. The van der Waals surface area contributed by atoms with Crippen molar-refractivity contribution in [3.63, 3.8) is 0 Å². The van der Waals surface area contributed by atoms with E-state index in [0.29, 0.717) is 42.7 Å². The molecule has 1 aromatic heterocycles. The fraction of sp³-hybridized carbons (Fsp3) is 0.500. The van der Waals surface area contributed by atoms with Crippen LogP contribution in [-0.4, -0.2) is 51.1 Å². The van der Waals surface area contributed by atoms with E-state index < -0.39 is 28.4 Å². The van der Waals surface area contributed by atoms with Gasteiger partial charge in [0.25, 0.3) is 0 Å². The van der Waals surface area contributed by atoms with Gasteiger partial charge in [0.1, 0.15) is 12.0 Å². The van der Waals surface area contributed by atoms with Gasteiger partial charge in [0.05, 0.1) is 11.3 Å². The van der Waals surface area contributed by atoms with Crippen molar-refractivity contribution >= 4 is 17.1 Å². The molecule has 1 aliphatic heterocycles. The Labute approximate surface area is 191 Å². The third-order valence-corrected chi connectivity index (χ3v) is 7.69. The molecule has 0 saturated carbocycles. The predicted octanol–water partition coefficient (Wildman–Crippen LogP) is 3.48. The number of pyridine rings is 1. The summed E-state index contributed by atoms with van der Waals surface area (Å²) in [6.07, 6.45) is 2.73. The van der Waals surface area contributed by atoms with Crippen LogP contribution in [0.15, 0.2) is 30.5 Å². The maximum atomic E-state index is 15.4. The predicted molar refractivity (Wildman–Crippen MR) is 122 cm³/mol. The molecule has 1 aliphatic rings. The van der Waals surface area contributed by atoms with Crippen LogP contribution >= 0.6 is 0 Å². The second-order valence-electron chi connectivity index (χ2n) is 8.68. The fourth-order valence-electron chi connectivity index (χ4n) is 4.33. The number of nitrogens with zero attached hydrogens (tertiary/aromatic N) is 2. The van der Waals surface area contributed by atoms with Crippen LogP contribution in [0.2, 0.25) is 0 Å². The SMILES string of the molecule is COC(c1c(F)cc(C(C)(O)C2CCS(=O)CC2)cc1C=O)N(C)Cc1ccc(C)cn1. The molecule has 8 heteroatoms. The molecule has 1 saturated heterocycles. The summed E-state index contributed by atoms with van der Waals surface area (Å²) >= 11 is 0. The molecule has 6 nitrogen and oxygen atoms in total. The highest BCUT2D eigenvalue weighted by Gasteiger charge is 2.37. The van der Waals surface area contributed by atoms with Gasteiger partial charge in [-0.3, -0.25) is 18.9 Å². The van der Waals surface area contributed by atoms with E-state index in [2.05, 4.69) is 4.98 Å². The molecule has 1 aromatic carbocycles. The van der Waals surface area contributed by atoms with E-state index >= 15 is 4.39 Å². The molecule has 1 N–H and O–H groups in total. The van der Waals surface area contributed by atoms with Crippen molar-refractivity contribution in [2.24, 2.45) is 5.92 Å². The molecule has 2 aromatic rings. The summed E-state index contributed by atoms with van der Waals surface area (Å²) in [6, 6.07) is 6.68. The number of hydrogen-bond acceptors (Lipinski definition) is 6. The molecule has 174 valence electrons. The third kappa shape index (κ3) is 5.31. The van der Waals surface area contributed by atoms with Gasteiger partial charge in [-0.1, -0.05) is 6.07 Å². The number of aromatic nitrogens is 1. The number of carbonyl (C=O) groups excluding carboxylic acids is 1. The Hall–Kier alpha value is -2.00. The zero-order chi connectivity index (χ0) is 23.5. The number of rotatable bonds is 8. The highest BCUT2D eigenvalue weighted by Crippen LogP contribution is 2.38. The molecule has 2 atom stereocenters. The summed E-state index contributed by atoms with van der Waals surface area (Å²) in [6.45, 7) is 3.99. The van der Waals surface area contributed by atoms with Crippen molar-refractivity contribution in [3.05, 3.63) is 64.2 Å². The Kier molecular flexibility index (Phi) is 7.92. The summed E-state index contributed by atoms with van der Waals surface area (Å²) in [7, 11) is 2.37. The van der Waals surface area contributed by atoms with Crippen LogP contribution in [0.3, 0.4) is 0 Å². The summed E-state index contributed by atoms with van der Waals surface area (Å²) in [5.74, 6) is 0.273.